The molecule has 0 atom stereocenters. The topological polar surface area (TPSA) is 94.6 Å². The van der Waals surface area contributed by atoms with E-state index in [4.69, 9.17) is 15.3 Å². The number of fused-ring (bicyclic) bond motifs is 1. The summed E-state index contributed by atoms with van der Waals surface area (Å²) in [5.74, 6) is 2.59. The fraction of sp³-hybridized carbons (Fsp3) is 0.0769. The SMILES string of the molecule is Cc1cc(/C=C/C#N)cc(C)c1Oc1cc(Nc2ccc(C#N)cn2)nc2ccccc12. The third-order valence-corrected chi connectivity index (χ3v) is 4.87. The molecule has 2 aromatic carbocycles. The number of nitriles is 2. The molecular weight excluding hydrogens is 398 g/mol. The van der Waals surface area contributed by atoms with Gasteiger partial charge in [-0.1, -0.05) is 12.1 Å². The average molecular weight is 417 g/mol. The van der Waals surface area contributed by atoms with Crippen molar-refractivity contribution >= 4 is 28.6 Å². The first kappa shape index (κ1) is 20.6. The van der Waals surface area contributed by atoms with Crippen LogP contribution in [-0.4, -0.2) is 9.97 Å². The molecule has 0 bridgehead atoms. The van der Waals surface area contributed by atoms with Gasteiger partial charge in [0.1, 0.15) is 29.2 Å². The quantitative estimate of drug-likeness (QED) is 0.389. The van der Waals surface area contributed by atoms with Gasteiger partial charge in [-0.2, -0.15) is 10.5 Å². The van der Waals surface area contributed by atoms with Gasteiger partial charge in [-0.15, -0.1) is 0 Å². The fourth-order valence-electron chi connectivity index (χ4n) is 3.44. The molecule has 0 spiro atoms. The van der Waals surface area contributed by atoms with Gasteiger partial charge in [0.05, 0.1) is 17.1 Å². The summed E-state index contributed by atoms with van der Waals surface area (Å²) in [6, 6.07) is 21.1. The Kier molecular flexibility index (Phi) is 5.78. The van der Waals surface area contributed by atoms with Crippen LogP contribution in [0.1, 0.15) is 22.3 Å². The Morgan fingerprint density at radius 3 is 2.44 bits per heavy atom. The van der Waals surface area contributed by atoms with Crippen LogP contribution in [0.5, 0.6) is 11.5 Å². The smallest absolute Gasteiger partial charge is 0.140 e. The highest BCUT2D eigenvalue weighted by Crippen LogP contribution is 2.35. The fourth-order valence-corrected chi connectivity index (χ4v) is 3.44. The molecule has 154 valence electrons. The maximum Gasteiger partial charge on any atom is 0.140 e. The van der Waals surface area contributed by atoms with Gasteiger partial charge in [0, 0.05) is 23.7 Å². The molecule has 1 N–H and O–H groups in total. The van der Waals surface area contributed by atoms with Gasteiger partial charge in [0.2, 0.25) is 0 Å². The number of nitrogens with zero attached hydrogens (tertiary/aromatic N) is 4. The Bertz CT molecular complexity index is 1390. The van der Waals surface area contributed by atoms with Gasteiger partial charge < -0.3 is 10.1 Å². The molecule has 0 unspecified atom stereocenters. The molecule has 4 rings (SSSR count). The third kappa shape index (κ3) is 4.40. The highest BCUT2D eigenvalue weighted by molar-refractivity contribution is 5.87. The second-order valence-corrected chi connectivity index (χ2v) is 7.24. The molecule has 6 nitrogen and oxygen atoms in total. The van der Waals surface area contributed by atoms with Gasteiger partial charge in [0.15, 0.2) is 0 Å². The summed E-state index contributed by atoms with van der Waals surface area (Å²) in [6.07, 6.45) is 4.74. The lowest BCUT2D eigenvalue weighted by atomic mass is 10.1. The van der Waals surface area contributed by atoms with E-state index in [-0.39, 0.29) is 0 Å². The summed E-state index contributed by atoms with van der Waals surface area (Å²) < 4.78 is 6.39. The molecule has 2 heterocycles. The summed E-state index contributed by atoms with van der Waals surface area (Å²) in [5.41, 5.74) is 4.15. The van der Waals surface area contributed by atoms with Crippen molar-refractivity contribution in [2.24, 2.45) is 0 Å². The maximum atomic E-state index is 8.96. The van der Waals surface area contributed by atoms with E-state index in [1.54, 1.807) is 18.2 Å². The first-order valence-corrected chi connectivity index (χ1v) is 9.95. The molecule has 0 saturated carbocycles. The Labute approximate surface area is 186 Å². The standard InChI is InChI=1S/C26H19N5O/c1-17-12-19(6-5-11-27)13-18(2)26(17)32-23-14-25(30-22-8-4-3-7-21(22)23)31-24-10-9-20(15-28)16-29-24/h3-10,12-14,16H,1-2H3,(H,29,30,31)/b6-5+. The van der Waals surface area contributed by atoms with Gasteiger partial charge in [-0.05, 0) is 73.0 Å². The van der Waals surface area contributed by atoms with E-state index in [0.29, 0.717) is 22.9 Å². The number of aryl methyl sites for hydroxylation is 2. The number of ether oxygens (including phenoxy) is 1. The van der Waals surface area contributed by atoms with Crippen LogP contribution >= 0.6 is 0 Å². The zero-order valence-electron chi connectivity index (χ0n) is 17.6. The second kappa shape index (κ2) is 8.99. The van der Waals surface area contributed by atoms with Crippen LogP contribution in [-0.2, 0) is 0 Å². The molecular formula is C26H19N5O. The van der Waals surface area contributed by atoms with Crippen LogP contribution in [0.3, 0.4) is 0 Å². The van der Waals surface area contributed by atoms with Gasteiger partial charge in [0.25, 0.3) is 0 Å². The first-order valence-electron chi connectivity index (χ1n) is 9.95. The first-order chi connectivity index (χ1) is 15.6. The molecule has 4 aromatic rings. The number of hydrogen-bond donors (Lipinski definition) is 1. The van der Waals surface area contributed by atoms with E-state index in [1.807, 2.05) is 62.4 Å². The van der Waals surface area contributed by atoms with Crippen molar-refractivity contribution in [2.75, 3.05) is 5.32 Å². The molecule has 0 aliphatic heterocycles. The highest BCUT2D eigenvalue weighted by atomic mass is 16.5. The summed E-state index contributed by atoms with van der Waals surface area (Å²) in [6.45, 7) is 3.96. The molecule has 0 amide bonds. The average Bonchev–Trinajstić information content (AvgIpc) is 2.80. The number of benzene rings is 2. The molecule has 0 aliphatic carbocycles. The molecule has 0 fully saturated rings. The number of nitrogens with one attached hydrogen (secondary N) is 1. The number of aromatic nitrogens is 2. The number of hydrogen-bond acceptors (Lipinski definition) is 6. The Hall–Kier alpha value is -4.68. The summed E-state index contributed by atoms with van der Waals surface area (Å²) in [4.78, 5) is 8.93. The van der Waals surface area contributed by atoms with Crippen molar-refractivity contribution < 1.29 is 4.74 Å². The van der Waals surface area contributed by atoms with Crippen LogP contribution < -0.4 is 10.1 Å². The Morgan fingerprint density at radius 2 is 1.75 bits per heavy atom. The van der Waals surface area contributed by atoms with Crippen molar-refractivity contribution in [2.45, 2.75) is 13.8 Å². The van der Waals surface area contributed by atoms with Crippen molar-refractivity contribution in [1.29, 1.82) is 10.5 Å². The monoisotopic (exact) mass is 417 g/mol. The van der Waals surface area contributed by atoms with E-state index in [9.17, 15) is 0 Å². The van der Waals surface area contributed by atoms with E-state index in [0.717, 1.165) is 33.3 Å². The molecule has 0 aliphatic rings. The van der Waals surface area contributed by atoms with Gasteiger partial charge in [-0.25, -0.2) is 9.97 Å². The van der Waals surface area contributed by atoms with Crippen LogP contribution in [0.4, 0.5) is 11.6 Å². The Balaban J connectivity index is 1.73. The summed E-state index contributed by atoms with van der Waals surface area (Å²) in [7, 11) is 0. The molecule has 2 aromatic heterocycles. The van der Waals surface area contributed by atoms with Crippen molar-refractivity contribution in [1.82, 2.24) is 9.97 Å². The summed E-state index contributed by atoms with van der Waals surface area (Å²) in [5, 5.41) is 21.8. The zero-order chi connectivity index (χ0) is 22.5. The maximum absolute atomic E-state index is 8.96. The number of para-hydroxylation sites is 1. The lowest BCUT2D eigenvalue weighted by molar-refractivity contribution is 0.480. The minimum atomic E-state index is 0.491. The molecule has 32 heavy (non-hydrogen) atoms. The third-order valence-electron chi connectivity index (χ3n) is 4.87. The summed E-state index contributed by atoms with van der Waals surface area (Å²) >= 11 is 0. The largest absolute Gasteiger partial charge is 0.456 e. The minimum Gasteiger partial charge on any atom is -0.456 e. The van der Waals surface area contributed by atoms with Crippen LogP contribution in [0.25, 0.3) is 17.0 Å². The van der Waals surface area contributed by atoms with Crippen LogP contribution in [0.2, 0.25) is 0 Å². The number of pyridine rings is 2. The number of allylic oxidation sites excluding steroid dienone is 1. The normalized spacial score (nSPS) is 10.6. The van der Waals surface area contributed by atoms with Crippen molar-refractivity contribution in [3.05, 3.63) is 89.1 Å². The van der Waals surface area contributed by atoms with Gasteiger partial charge in [-0.3, -0.25) is 0 Å². The van der Waals surface area contributed by atoms with E-state index >= 15 is 0 Å². The lowest BCUT2D eigenvalue weighted by Crippen LogP contribution is -1.99. The molecule has 6 heteroatoms. The van der Waals surface area contributed by atoms with Crippen molar-refractivity contribution in [3.8, 4) is 23.6 Å². The second-order valence-electron chi connectivity index (χ2n) is 7.24. The van der Waals surface area contributed by atoms with E-state index in [2.05, 4.69) is 21.4 Å². The van der Waals surface area contributed by atoms with E-state index in [1.165, 1.54) is 12.3 Å². The number of rotatable bonds is 5. The predicted octanol–water partition coefficient (Wildman–Crippen LogP) is 6.19. The van der Waals surface area contributed by atoms with E-state index < -0.39 is 0 Å². The minimum absolute atomic E-state index is 0.491. The van der Waals surface area contributed by atoms with Crippen LogP contribution in [0.15, 0.2) is 66.9 Å². The zero-order valence-corrected chi connectivity index (χ0v) is 17.6. The Morgan fingerprint density at radius 1 is 0.969 bits per heavy atom. The van der Waals surface area contributed by atoms with Crippen molar-refractivity contribution in [3.63, 3.8) is 0 Å². The van der Waals surface area contributed by atoms with Gasteiger partial charge >= 0.3 is 0 Å². The predicted molar refractivity (Wildman–Crippen MR) is 125 cm³/mol. The number of anilines is 2. The van der Waals surface area contributed by atoms with Crippen LogP contribution in [0, 0.1) is 36.5 Å². The highest BCUT2D eigenvalue weighted by Gasteiger charge is 2.12. The lowest BCUT2D eigenvalue weighted by Gasteiger charge is -2.16. The molecule has 0 radical (unpaired) electrons. The molecule has 0 saturated heterocycles.